The molecule has 0 aromatic carbocycles. The van der Waals surface area contributed by atoms with Gasteiger partial charge in [0, 0.05) is 35.9 Å². The molecule has 3 aromatic heterocycles. The molecule has 0 aliphatic carbocycles. The zero-order chi connectivity index (χ0) is 20.4. The first-order valence-electron chi connectivity index (χ1n) is 9.21. The second-order valence-electron chi connectivity index (χ2n) is 7.00. The van der Waals surface area contributed by atoms with Crippen LogP contribution in [0.1, 0.15) is 18.4 Å². The predicted octanol–water partition coefficient (Wildman–Crippen LogP) is 1.91. The van der Waals surface area contributed by atoms with Crippen LogP contribution in [0.2, 0.25) is 5.02 Å². The van der Waals surface area contributed by atoms with E-state index in [1.165, 1.54) is 6.20 Å². The second-order valence-corrected chi connectivity index (χ2v) is 7.44. The highest BCUT2D eigenvalue weighted by atomic mass is 35.5. The van der Waals surface area contributed by atoms with Crippen LogP contribution in [0.4, 0.5) is 5.82 Å². The highest BCUT2D eigenvalue weighted by molar-refractivity contribution is 6.31. The van der Waals surface area contributed by atoms with Gasteiger partial charge >= 0.3 is 0 Å². The van der Waals surface area contributed by atoms with Crippen molar-refractivity contribution in [2.45, 2.75) is 18.9 Å². The number of hydrogen-bond donors (Lipinski definition) is 3. The molecule has 4 rings (SSSR count). The van der Waals surface area contributed by atoms with Gasteiger partial charge in [0.1, 0.15) is 23.1 Å². The Morgan fingerprint density at radius 3 is 3.10 bits per heavy atom. The molecule has 148 valence electrons. The van der Waals surface area contributed by atoms with E-state index in [-0.39, 0.29) is 18.5 Å². The number of nitrogens with two attached hydrogens (primary N) is 1. The van der Waals surface area contributed by atoms with Gasteiger partial charge in [-0.2, -0.15) is 5.26 Å². The van der Waals surface area contributed by atoms with Crippen LogP contribution in [-0.4, -0.2) is 56.4 Å². The molecular formula is C19H19ClN8O. The predicted molar refractivity (Wildman–Crippen MR) is 109 cm³/mol. The number of piperidine rings is 1. The highest BCUT2D eigenvalue weighted by Crippen LogP contribution is 2.28. The Balaban J connectivity index is 1.63. The van der Waals surface area contributed by atoms with Crippen molar-refractivity contribution in [3.63, 3.8) is 0 Å². The first-order valence-corrected chi connectivity index (χ1v) is 9.58. The summed E-state index contributed by atoms with van der Waals surface area (Å²) in [5, 5.41) is 14.1. The number of nitriles is 1. The van der Waals surface area contributed by atoms with Crippen LogP contribution in [0.25, 0.3) is 22.4 Å². The Kier molecular flexibility index (Phi) is 5.29. The van der Waals surface area contributed by atoms with Gasteiger partial charge in [-0.15, -0.1) is 0 Å². The van der Waals surface area contributed by atoms with Crippen molar-refractivity contribution in [2.24, 2.45) is 5.73 Å². The number of aromatic nitrogens is 4. The molecule has 3 aromatic rings. The summed E-state index contributed by atoms with van der Waals surface area (Å²) in [7, 11) is 0. The smallest absolute Gasteiger partial charge is 0.231 e. The summed E-state index contributed by atoms with van der Waals surface area (Å²) in [6.45, 7) is 1.70. The fourth-order valence-electron chi connectivity index (χ4n) is 3.60. The number of amides is 1. The van der Waals surface area contributed by atoms with Gasteiger partial charge in [0.15, 0.2) is 5.82 Å². The average Bonchev–Trinajstić information content (AvgIpc) is 3.10. The van der Waals surface area contributed by atoms with Gasteiger partial charge in [0.05, 0.1) is 17.8 Å². The number of H-pyrrole nitrogens is 1. The number of halogens is 1. The number of carbonyl (C=O) groups is 1. The quantitative estimate of drug-likeness (QED) is 0.584. The molecule has 4 heterocycles. The molecule has 4 N–H and O–H groups in total. The molecule has 1 fully saturated rings. The van der Waals surface area contributed by atoms with E-state index in [1.807, 2.05) is 4.90 Å². The molecule has 0 spiro atoms. The SMILES string of the molecule is N#Cc1cnc(-c2c[nH]c3ncc(Cl)cc23)nc1NC1CCCN(CC(N)=O)C1. The van der Waals surface area contributed by atoms with Crippen molar-refractivity contribution in [1.29, 1.82) is 5.26 Å². The Morgan fingerprint density at radius 2 is 2.31 bits per heavy atom. The van der Waals surface area contributed by atoms with E-state index in [4.69, 9.17) is 17.3 Å². The van der Waals surface area contributed by atoms with E-state index < -0.39 is 0 Å². The van der Waals surface area contributed by atoms with E-state index >= 15 is 0 Å². The van der Waals surface area contributed by atoms with Gasteiger partial charge in [-0.1, -0.05) is 11.6 Å². The van der Waals surface area contributed by atoms with Gasteiger partial charge in [-0.3, -0.25) is 9.69 Å². The largest absolute Gasteiger partial charge is 0.369 e. The zero-order valence-electron chi connectivity index (χ0n) is 15.5. The summed E-state index contributed by atoms with van der Waals surface area (Å²) in [4.78, 5) is 29.5. The third-order valence-electron chi connectivity index (χ3n) is 4.87. The van der Waals surface area contributed by atoms with Gasteiger partial charge in [-0.25, -0.2) is 15.0 Å². The molecular weight excluding hydrogens is 392 g/mol. The van der Waals surface area contributed by atoms with Gasteiger partial charge in [0.25, 0.3) is 0 Å². The summed E-state index contributed by atoms with van der Waals surface area (Å²) in [5.41, 5.74) is 7.11. The van der Waals surface area contributed by atoms with Crippen molar-refractivity contribution in [3.05, 3.63) is 35.2 Å². The van der Waals surface area contributed by atoms with Crippen LogP contribution in [0.15, 0.2) is 24.7 Å². The fourth-order valence-corrected chi connectivity index (χ4v) is 3.75. The minimum absolute atomic E-state index is 0.0528. The summed E-state index contributed by atoms with van der Waals surface area (Å²) in [5.74, 6) is 0.582. The molecule has 1 saturated heterocycles. The number of carbonyl (C=O) groups excluding carboxylic acids is 1. The number of likely N-dealkylation sites (tertiary alicyclic amines) is 1. The van der Waals surface area contributed by atoms with E-state index in [0.29, 0.717) is 34.4 Å². The monoisotopic (exact) mass is 410 g/mol. The number of nitrogens with one attached hydrogen (secondary N) is 2. The third kappa shape index (κ3) is 4.13. The molecule has 1 amide bonds. The van der Waals surface area contributed by atoms with Crippen LogP contribution < -0.4 is 11.1 Å². The van der Waals surface area contributed by atoms with Crippen LogP contribution >= 0.6 is 11.6 Å². The topological polar surface area (TPSA) is 137 Å². The Labute approximate surface area is 171 Å². The number of fused-ring (bicyclic) bond motifs is 1. The number of primary amides is 1. The van der Waals surface area contributed by atoms with Gasteiger partial charge in [0.2, 0.25) is 5.91 Å². The van der Waals surface area contributed by atoms with Crippen LogP contribution in [-0.2, 0) is 4.79 Å². The number of rotatable bonds is 5. The van der Waals surface area contributed by atoms with Gasteiger partial charge < -0.3 is 16.0 Å². The lowest BCUT2D eigenvalue weighted by Crippen LogP contribution is -2.45. The molecule has 29 heavy (non-hydrogen) atoms. The number of nitrogens with zero attached hydrogens (tertiary/aromatic N) is 5. The molecule has 9 nitrogen and oxygen atoms in total. The second kappa shape index (κ2) is 8.03. The molecule has 0 radical (unpaired) electrons. The lowest BCUT2D eigenvalue weighted by Gasteiger charge is -2.32. The summed E-state index contributed by atoms with van der Waals surface area (Å²) in [6.07, 6.45) is 6.68. The van der Waals surface area contributed by atoms with E-state index in [9.17, 15) is 10.1 Å². The lowest BCUT2D eigenvalue weighted by molar-refractivity contribution is -0.119. The first kappa shape index (κ1) is 19.1. The lowest BCUT2D eigenvalue weighted by atomic mass is 10.1. The van der Waals surface area contributed by atoms with Gasteiger partial charge in [-0.05, 0) is 25.5 Å². The molecule has 1 aliphatic rings. The third-order valence-corrected chi connectivity index (χ3v) is 5.08. The van der Waals surface area contributed by atoms with E-state index in [2.05, 4.69) is 31.3 Å². The standard InChI is InChI=1S/C19H19ClN8O/c20-12-4-14-15(8-25-18(14)24-7-12)19-23-6-11(5-21)17(27-19)26-13-2-1-3-28(9-13)10-16(22)29/h4,6-8,13H,1-3,9-10H2,(H2,22,29)(H,24,25)(H,23,26,27). The van der Waals surface area contributed by atoms with Crippen LogP contribution in [0, 0.1) is 11.3 Å². The van der Waals surface area contributed by atoms with Crippen LogP contribution in [0.3, 0.4) is 0 Å². The molecule has 10 heteroatoms. The first-order chi connectivity index (χ1) is 14.0. The zero-order valence-corrected chi connectivity index (χ0v) is 16.3. The number of hydrogen-bond acceptors (Lipinski definition) is 7. The molecule has 1 unspecified atom stereocenters. The molecule has 0 saturated carbocycles. The maximum Gasteiger partial charge on any atom is 0.231 e. The maximum atomic E-state index is 11.2. The average molecular weight is 411 g/mol. The minimum Gasteiger partial charge on any atom is -0.369 e. The minimum atomic E-state index is -0.348. The number of pyridine rings is 1. The normalized spacial score (nSPS) is 17.2. The summed E-state index contributed by atoms with van der Waals surface area (Å²) < 4.78 is 0. The Morgan fingerprint density at radius 1 is 1.45 bits per heavy atom. The number of aromatic amines is 1. The van der Waals surface area contributed by atoms with Crippen LogP contribution in [0.5, 0.6) is 0 Å². The Bertz CT molecular complexity index is 1110. The Hall–Kier alpha value is -3.22. The van der Waals surface area contributed by atoms with Crippen molar-refractivity contribution in [3.8, 4) is 17.5 Å². The van der Waals surface area contributed by atoms with E-state index in [0.717, 1.165) is 30.3 Å². The van der Waals surface area contributed by atoms with E-state index in [1.54, 1.807) is 18.5 Å². The molecule has 1 aliphatic heterocycles. The number of anilines is 1. The maximum absolute atomic E-state index is 11.2. The van der Waals surface area contributed by atoms with Crippen molar-refractivity contribution >= 4 is 34.4 Å². The van der Waals surface area contributed by atoms with Crippen molar-refractivity contribution in [2.75, 3.05) is 25.0 Å². The molecule has 1 atom stereocenters. The highest BCUT2D eigenvalue weighted by Gasteiger charge is 2.22. The van der Waals surface area contributed by atoms with Crippen molar-refractivity contribution < 1.29 is 4.79 Å². The molecule has 0 bridgehead atoms. The fraction of sp³-hybridized carbons (Fsp3) is 0.316. The van der Waals surface area contributed by atoms with Crippen molar-refractivity contribution in [1.82, 2.24) is 24.8 Å². The summed E-state index contributed by atoms with van der Waals surface area (Å²) in [6, 6.07) is 3.98. The summed E-state index contributed by atoms with van der Waals surface area (Å²) >= 11 is 6.08.